The van der Waals surface area contributed by atoms with Gasteiger partial charge in [-0.2, -0.15) is 0 Å². The molecule has 2 rings (SSSR count). The second-order valence-electron chi connectivity index (χ2n) is 6.40. The van der Waals surface area contributed by atoms with Crippen molar-refractivity contribution in [1.29, 1.82) is 0 Å². The van der Waals surface area contributed by atoms with Crippen molar-refractivity contribution in [1.82, 2.24) is 10.6 Å². The minimum atomic E-state index is -3.36. The van der Waals surface area contributed by atoms with Gasteiger partial charge in [0.05, 0.1) is 17.8 Å². The molecule has 1 atom stereocenters. The number of para-hydroxylation sites is 1. The van der Waals surface area contributed by atoms with Crippen LogP contribution in [0.4, 0.5) is 0 Å². The fraction of sp³-hybridized carbons (Fsp3) is 0.381. The Balaban J connectivity index is 1.93. The number of methoxy groups -OCH3 is 1. The highest BCUT2D eigenvalue weighted by Crippen LogP contribution is 2.17. The van der Waals surface area contributed by atoms with Gasteiger partial charge in [0.1, 0.15) is 5.75 Å². The van der Waals surface area contributed by atoms with E-state index in [2.05, 4.69) is 15.6 Å². The van der Waals surface area contributed by atoms with Crippen molar-refractivity contribution in [2.45, 2.75) is 30.7 Å². The summed E-state index contributed by atoms with van der Waals surface area (Å²) in [6, 6.07) is 16.2. The van der Waals surface area contributed by atoms with Crippen LogP contribution in [0, 0.1) is 0 Å². The molecule has 1 unspecified atom stereocenters. The highest BCUT2D eigenvalue weighted by molar-refractivity contribution is 7.91. The molecule has 0 radical (unpaired) electrons. The molecule has 152 valence electrons. The van der Waals surface area contributed by atoms with Gasteiger partial charge >= 0.3 is 0 Å². The summed E-state index contributed by atoms with van der Waals surface area (Å²) in [6.45, 7) is 2.61. The number of nitrogens with zero attached hydrogens (tertiary/aromatic N) is 1. The molecule has 2 aromatic rings. The SMILES string of the molecule is CCC(CS(=O)(=O)c1ccccc1)NC(=NC)NCCc1ccccc1OC. The number of guanidine groups is 1. The quantitative estimate of drug-likeness (QED) is 0.497. The van der Waals surface area contributed by atoms with Crippen LogP contribution in [0.25, 0.3) is 0 Å². The zero-order chi connectivity index (χ0) is 20.4. The lowest BCUT2D eigenvalue weighted by atomic mass is 10.1. The Bertz CT molecular complexity index is 867. The van der Waals surface area contributed by atoms with Gasteiger partial charge in [-0.25, -0.2) is 8.42 Å². The number of ether oxygens (including phenoxy) is 1. The standard InChI is InChI=1S/C21H29N3O3S/c1-4-18(16-28(25,26)19-11-6-5-7-12-19)24-21(22-2)23-15-14-17-10-8-9-13-20(17)27-3/h5-13,18H,4,14-16H2,1-3H3,(H2,22,23,24). The Hall–Kier alpha value is -2.54. The molecule has 0 amide bonds. The summed E-state index contributed by atoms with van der Waals surface area (Å²) in [5.74, 6) is 1.46. The summed E-state index contributed by atoms with van der Waals surface area (Å²) in [6.07, 6.45) is 1.43. The number of hydrogen-bond acceptors (Lipinski definition) is 4. The van der Waals surface area contributed by atoms with Crippen LogP contribution in [0.3, 0.4) is 0 Å². The number of aliphatic imine (C=N–C) groups is 1. The summed E-state index contributed by atoms with van der Waals surface area (Å²) < 4.78 is 30.6. The molecule has 0 aromatic heterocycles. The van der Waals surface area contributed by atoms with E-state index in [1.807, 2.05) is 37.3 Å². The van der Waals surface area contributed by atoms with Gasteiger partial charge in [-0.1, -0.05) is 43.3 Å². The van der Waals surface area contributed by atoms with Crippen molar-refractivity contribution in [3.05, 3.63) is 60.2 Å². The van der Waals surface area contributed by atoms with Crippen LogP contribution in [0.1, 0.15) is 18.9 Å². The molecule has 0 aliphatic rings. The molecular formula is C21H29N3O3S. The van der Waals surface area contributed by atoms with Crippen LogP contribution in [-0.4, -0.2) is 46.9 Å². The van der Waals surface area contributed by atoms with Crippen molar-refractivity contribution in [3.8, 4) is 5.75 Å². The average Bonchev–Trinajstić information content (AvgIpc) is 2.73. The van der Waals surface area contributed by atoms with Gasteiger partial charge < -0.3 is 15.4 Å². The summed E-state index contributed by atoms with van der Waals surface area (Å²) in [7, 11) is -0.0238. The van der Waals surface area contributed by atoms with E-state index in [1.165, 1.54) is 0 Å². The monoisotopic (exact) mass is 403 g/mol. The Morgan fingerprint density at radius 1 is 1.11 bits per heavy atom. The Morgan fingerprint density at radius 2 is 1.79 bits per heavy atom. The van der Waals surface area contributed by atoms with Crippen LogP contribution in [0.5, 0.6) is 5.75 Å². The number of hydrogen-bond donors (Lipinski definition) is 2. The maximum atomic E-state index is 12.6. The molecule has 0 fully saturated rings. The highest BCUT2D eigenvalue weighted by atomic mass is 32.2. The predicted molar refractivity (Wildman–Crippen MR) is 114 cm³/mol. The molecule has 0 heterocycles. The molecule has 0 spiro atoms. The molecule has 2 N–H and O–H groups in total. The van der Waals surface area contributed by atoms with Crippen LogP contribution in [-0.2, 0) is 16.3 Å². The highest BCUT2D eigenvalue weighted by Gasteiger charge is 2.20. The van der Waals surface area contributed by atoms with Crippen molar-refractivity contribution in [2.75, 3.05) is 26.5 Å². The normalized spacial score (nSPS) is 13.0. The van der Waals surface area contributed by atoms with Gasteiger partial charge in [-0.3, -0.25) is 4.99 Å². The van der Waals surface area contributed by atoms with Gasteiger partial charge in [0.2, 0.25) is 0 Å². The maximum Gasteiger partial charge on any atom is 0.191 e. The summed E-state index contributed by atoms with van der Waals surface area (Å²) in [4.78, 5) is 4.56. The fourth-order valence-electron chi connectivity index (χ4n) is 2.86. The van der Waals surface area contributed by atoms with E-state index < -0.39 is 9.84 Å². The molecule has 0 saturated heterocycles. The first-order chi connectivity index (χ1) is 13.5. The number of rotatable bonds is 9. The van der Waals surface area contributed by atoms with Gasteiger partial charge in [0.25, 0.3) is 0 Å². The van der Waals surface area contributed by atoms with Crippen molar-refractivity contribution in [2.24, 2.45) is 4.99 Å². The van der Waals surface area contributed by atoms with E-state index in [0.29, 0.717) is 23.8 Å². The zero-order valence-electron chi connectivity index (χ0n) is 16.7. The summed E-state index contributed by atoms with van der Waals surface area (Å²) in [5.41, 5.74) is 1.10. The van der Waals surface area contributed by atoms with E-state index in [4.69, 9.17) is 4.74 Å². The second kappa shape index (κ2) is 10.7. The zero-order valence-corrected chi connectivity index (χ0v) is 17.5. The molecule has 0 bridgehead atoms. The Morgan fingerprint density at radius 3 is 2.43 bits per heavy atom. The van der Waals surface area contributed by atoms with Gasteiger partial charge in [-0.05, 0) is 36.6 Å². The van der Waals surface area contributed by atoms with Crippen LogP contribution >= 0.6 is 0 Å². The summed E-state index contributed by atoms with van der Waals surface area (Å²) in [5, 5.41) is 6.47. The first-order valence-corrected chi connectivity index (χ1v) is 11.0. The number of sulfone groups is 1. The summed E-state index contributed by atoms with van der Waals surface area (Å²) >= 11 is 0. The first kappa shape index (κ1) is 21.8. The van der Waals surface area contributed by atoms with Crippen LogP contribution < -0.4 is 15.4 Å². The van der Waals surface area contributed by atoms with E-state index in [9.17, 15) is 8.42 Å². The van der Waals surface area contributed by atoms with Crippen molar-refractivity contribution < 1.29 is 13.2 Å². The molecule has 28 heavy (non-hydrogen) atoms. The Kier molecular flexibility index (Phi) is 8.32. The Labute approximate surface area is 168 Å². The third-order valence-corrected chi connectivity index (χ3v) is 6.29. The minimum absolute atomic E-state index is 0.0146. The lowest BCUT2D eigenvalue weighted by molar-refractivity contribution is 0.409. The lowest BCUT2D eigenvalue weighted by Gasteiger charge is -2.20. The molecule has 7 heteroatoms. The largest absolute Gasteiger partial charge is 0.496 e. The fourth-order valence-corrected chi connectivity index (χ4v) is 4.48. The van der Waals surface area contributed by atoms with E-state index in [-0.39, 0.29) is 11.8 Å². The third kappa shape index (κ3) is 6.27. The van der Waals surface area contributed by atoms with Crippen molar-refractivity contribution in [3.63, 3.8) is 0 Å². The second-order valence-corrected chi connectivity index (χ2v) is 8.44. The topological polar surface area (TPSA) is 79.8 Å². The predicted octanol–water partition coefficient (Wildman–Crippen LogP) is 2.66. The molecule has 0 aliphatic carbocycles. The molecule has 0 aliphatic heterocycles. The van der Waals surface area contributed by atoms with E-state index in [0.717, 1.165) is 17.7 Å². The van der Waals surface area contributed by atoms with Crippen molar-refractivity contribution >= 4 is 15.8 Å². The number of nitrogens with one attached hydrogen (secondary N) is 2. The first-order valence-electron chi connectivity index (χ1n) is 9.37. The van der Waals surface area contributed by atoms with Crippen LogP contribution in [0.2, 0.25) is 0 Å². The van der Waals surface area contributed by atoms with E-state index in [1.54, 1.807) is 38.4 Å². The van der Waals surface area contributed by atoms with E-state index >= 15 is 0 Å². The minimum Gasteiger partial charge on any atom is -0.496 e. The van der Waals surface area contributed by atoms with Crippen LogP contribution in [0.15, 0.2) is 64.5 Å². The van der Waals surface area contributed by atoms with Gasteiger partial charge in [0.15, 0.2) is 15.8 Å². The molecule has 0 saturated carbocycles. The number of benzene rings is 2. The molecular weight excluding hydrogens is 374 g/mol. The lowest BCUT2D eigenvalue weighted by Crippen LogP contribution is -2.46. The molecule has 2 aromatic carbocycles. The van der Waals surface area contributed by atoms with Gasteiger partial charge in [-0.15, -0.1) is 0 Å². The average molecular weight is 404 g/mol. The molecule has 6 nitrogen and oxygen atoms in total. The maximum absolute atomic E-state index is 12.6. The smallest absolute Gasteiger partial charge is 0.191 e. The van der Waals surface area contributed by atoms with Gasteiger partial charge in [0, 0.05) is 19.6 Å². The third-order valence-electron chi connectivity index (χ3n) is 4.46.